The van der Waals surface area contributed by atoms with Gasteiger partial charge < -0.3 is 10.6 Å². The number of hydrogen-bond donors (Lipinski definition) is 2. The molecule has 3 aromatic rings. The molecule has 0 bridgehead atoms. The van der Waals surface area contributed by atoms with Gasteiger partial charge in [0, 0.05) is 23.4 Å². The van der Waals surface area contributed by atoms with Crippen LogP contribution in [0.2, 0.25) is 0 Å². The van der Waals surface area contributed by atoms with Crippen LogP contribution in [0.3, 0.4) is 0 Å². The van der Waals surface area contributed by atoms with Crippen LogP contribution in [-0.4, -0.2) is 22.6 Å². The molecule has 5 nitrogen and oxygen atoms in total. The standard InChI is InChI=1S/C22H24N4O/c1-3-4-14-23-22(27)18-6-5-7-19(15-18)24-21-13-12-20(25-26-21)17-10-8-16(2)9-11-17/h5-13,15H,3-4,14H2,1-2H3,(H,23,27)(H,24,26). The lowest BCUT2D eigenvalue weighted by atomic mass is 10.1. The normalized spacial score (nSPS) is 10.4. The van der Waals surface area contributed by atoms with Crippen molar-refractivity contribution in [3.63, 3.8) is 0 Å². The number of carbonyl (C=O) groups is 1. The molecule has 5 heteroatoms. The molecule has 0 saturated heterocycles. The molecule has 0 radical (unpaired) electrons. The second-order valence-electron chi connectivity index (χ2n) is 6.49. The van der Waals surface area contributed by atoms with Gasteiger partial charge in [-0.1, -0.05) is 49.2 Å². The van der Waals surface area contributed by atoms with Crippen LogP contribution in [0.1, 0.15) is 35.7 Å². The molecule has 2 aromatic carbocycles. The van der Waals surface area contributed by atoms with Gasteiger partial charge in [-0.25, -0.2) is 0 Å². The Bertz CT molecular complexity index is 889. The Labute approximate surface area is 159 Å². The van der Waals surface area contributed by atoms with E-state index in [1.807, 2.05) is 42.5 Å². The number of unbranched alkanes of at least 4 members (excludes halogenated alkanes) is 1. The summed E-state index contributed by atoms with van der Waals surface area (Å²) in [6.07, 6.45) is 2.03. The highest BCUT2D eigenvalue weighted by atomic mass is 16.1. The zero-order valence-corrected chi connectivity index (χ0v) is 15.7. The summed E-state index contributed by atoms with van der Waals surface area (Å²) < 4.78 is 0. The average molecular weight is 360 g/mol. The van der Waals surface area contributed by atoms with E-state index in [4.69, 9.17) is 0 Å². The van der Waals surface area contributed by atoms with Crippen molar-refractivity contribution in [1.29, 1.82) is 0 Å². The van der Waals surface area contributed by atoms with Crippen molar-refractivity contribution in [2.75, 3.05) is 11.9 Å². The van der Waals surface area contributed by atoms with Crippen molar-refractivity contribution in [2.45, 2.75) is 26.7 Å². The zero-order chi connectivity index (χ0) is 19.1. The van der Waals surface area contributed by atoms with Gasteiger partial charge in [-0.3, -0.25) is 4.79 Å². The van der Waals surface area contributed by atoms with Crippen LogP contribution < -0.4 is 10.6 Å². The largest absolute Gasteiger partial charge is 0.352 e. The van der Waals surface area contributed by atoms with Crippen LogP contribution in [-0.2, 0) is 0 Å². The van der Waals surface area contributed by atoms with Crippen molar-refractivity contribution in [1.82, 2.24) is 15.5 Å². The monoisotopic (exact) mass is 360 g/mol. The van der Waals surface area contributed by atoms with Gasteiger partial charge in [0.2, 0.25) is 0 Å². The minimum Gasteiger partial charge on any atom is -0.352 e. The molecule has 27 heavy (non-hydrogen) atoms. The van der Waals surface area contributed by atoms with Gasteiger partial charge >= 0.3 is 0 Å². The number of carbonyl (C=O) groups excluding carboxylic acids is 1. The molecule has 2 N–H and O–H groups in total. The Hall–Kier alpha value is -3.21. The number of aromatic nitrogens is 2. The molecule has 0 atom stereocenters. The Morgan fingerprint density at radius 2 is 1.81 bits per heavy atom. The van der Waals surface area contributed by atoms with E-state index < -0.39 is 0 Å². The molecular weight excluding hydrogens is 336 g/mol. The third kappa shape index (κ3) is 5.14. The van der Waals surface area contributed by atoms with Gasteiger partial charge in [0.15, 0.2) is 5.82 Å². The van der Waals surface area contributed by atoms with Crippen LogP contribution in [0.5, 0.6) is 0 Å². The van der Waals surface area contributed by atoms with Gasteiger partial charge in [-0.2, -0.15) is 0 Å². The van der Waals surface area contributed by atoms with E-state index in [2.05, 4.69) is 46.8 Å². The smallest absolute Gasteiger partial charge is 0.251 e. The van der Waals surface area contributed by atoms with E-state index in [1.54, 1.807) is 6.07 Å². The molecule has 1 amide bonds. The molecule has 0 aliphatic rings. The van der Waals surface area contributed by atoms with Crippen LogP contribution >= 0.6 is 0 Å². The average Bonchev–Trinajstić information content (AvgIpc) is 2.70. The number of amides is 1. The maximum Gasteiger partial charge on any atom is 0.251 e. The molecule has 0 saturated carbocycles. The highest BCUT2D eigenvalue weighted by molar-refractivity contribution is 5.95. The van der Waals surface area contributed by atoms with Crippen molar-refractivity contribution in [2.24, 2.45) is 0 Å². The lowest BCUT2D eigenvalue weighted by Gasteiger charge is -2.09. The Morgan fingerprint density at radius 3 is 2.52 bits per heavy atom. The predicted octanol–water partition coefficient (Wildman–Crippen LogP) is 4.73. The van der Waals surface area contributed by atoms with Gasteiger partial charge in [-0.15, -0.1) is 10.2 Å². The van der Waals surface area contributed by atoms with Gasteiger partial charge in [0.05, 0.1) is 5.69 Å². The Morgan fingerprint density at radius 1 is 1.00 bits per heavy atom. The first-order valence-electron chi connectivity index (χ1n) is 9.22. The van der Waals surface area contributed by atoms with Gasteiger partial charge in [0.1, 0.15) is 0 Å². The van der Waals surface area contributed by atoms with Crippen LogP contribution in [0, 0.1) is 6.92 Å². The van der Waals surface area contributed by atoms with E-state index in [0.717, 1.165) is 29.8 Å². The summed E-state index contributed by atoms with van der Waals surface area (Å²) in [4.78, 5) is 12.2. The first-order valence-corrected chi connectivity index (χ1v) is 9.22. The highest BCUT2D eigenvalue weighted by Crippen LogP contribution is 2.20. The SMILES string of the molecule is CCCCNC(=O)c1cccc(Nc2ccc(-c3ccc(C)cc3)nn2)c1. The van der Waals surface area contributed by atoms with Crippen molar-refractivity contribution in [3.8, 4) is 11.3 Å². The lowest BCUT2D eigenvalue weighted by molar-refractivity contribution is 0.0953. The lowest BCUT2D eigenvalue weighted by Crippen LogP contribution is -2.24. The molecule has 0 aliphatic heterocycles. The van der Waals surface area contributed by atoms with Crippen LogP contribution in [0.4, 0.5) is 11.5 Å². The summed E-state index contributed by atoms with van der Waals surface area (Å²) in [5.74, 6) is 0.572. The Kier molecular flexibility index (Phi) is 6.15. The minimum atomic E-state index is -0.0621. The zero-order valence-electron chi connectivity index (χ0n) is 15.7. The summed E-state index contributed by atoms with van der Waals surface area (Å²) in [7, 11) is 0. The molecule has 1 aromatic heterocycles. The van der Waals surface area contributed by atoms with E-state index in [0.29, 0.717) is 17.9 Å². The van der Waals surface area contributed by atoms with Crippen molar-refractivity contribution < 1.29 is 4.79 Å². The molecule has 0 aliphatic carbocycles. The third-order valence-corrected chi connectivity index (χ3v) is 4.22. The molecule has 1 heterocycles. The summed E-state index contributed by atoms with van der Waals surface area (Å²) in [6.45, 7) is 4.85. The summed E-state index contributed by atoms with van der Waals surface area (Å²) >= 11 is 0. The number of hydrogen-bond acceptors (Lipinski definition) is 4. The number of anilines is 2. The highest BCUT2D eigenvalue weighted by Gasteiger charge is 2.06. The molecular formula is C22H24N4O. The molecule has 138 valence electrons. The van der Waals surface area contributed by atoms with E-state index >= 15 is 0 Å². The van der Waals surface area contributed by atoms with Crippen molar-refractivity contribution in [3.05, 3.63) is 71.8 Å². The van der Waals surface area contributed by atoms with E-state index in [9.17, 15) is 4.79 Å². The minimum absolute atomic E-state index is 0.0621. The molecule has 3 rings (SSSR count). The van der Waals surface area contributed by atoms with Crippen LogP contribution in [0.15, 0.2) is 60.7 Å². The van der Waals surface area contributed by atoms with Crippen LogP contribution in [0.25, 0.3) is 11.3 Å². The summed E-state index contributed by atoms with van der Waals surface area (Å²) in [5, 5.41) is 14.7. The Balaban J connectivity index is 1.67. The predicted molar refractivity (Wildman–Crippen MR) is 109 cm³/mol. The van der Waals surface area contributed by atoms with E-state index in [1.165, 1.54) is 5.56 Å². The van der Waals surface area contributed by atoms with Gasteiger partial charge in [0.25, 0.3) is 5.91 Å². The number of rotatable bonds is 7. The number of aryl methyl sites for hydroxylation is 1. The second kappa shape index (κ2) is 8.94. The first kappa shape index (κ1) is 18.6. The fraction of sp³-hybridized carbons (Fsp3) is 0.227. The van der Waals surface area contributed by atoms with E-state index in [-0.39, 0.29) is 5.91 Å². The molecule has 0 unspecified atom stereocenters. The maximum atomic E-state index is 12.2. The molecule has 0 spiro atoms. The first-order chi connectivity index (χ1) is 13.2. The fourth-order valence-electron chi connectivity index (χ4n) is 2.64. The van der Waals surface area contributed by atoms with Gasteiger partial charge in [-0.05, 0) is 43.7 Å². The number of nitrogens with one attached hydrogen (secondary N) is 2. The summed E-state index contributed by atoms with van der Waals surface area (Å²) in [6, 6.07) is 19.4. The topological polar surface area (TPSA) is 66.9 Å². The summed E-state index contributed by atoms with van der Waals surface area (Å²) in [5.41, 5.74) is 4.49. The fourth-order valence-corrected chi connectivity index (χ4v) is 2.64. The quantitative estimate of drug-likeness (QED) is 0.598. The second-order valence-corrected chi connectivity index (χ2v) is 6.49. The number of nitrogens with zero attached hydrogens (tertiary/aromatic N) is 2. The molecule has 0 fully saturated rings. The number of benzene rings is 2. The van der Waals surface area contributed by atoms with Crippen molar-refractivity contribution >= 4 is 17.4 Å². The maximum absolute atomic E-state index is 12.2. The third-order valence-electron chi connectivity index (χ3n) is 4.22.